The van der Waals surface area contributed by atoms with E-state index in [1.54, 1.807) is 0 Å². The molecule has 1 aromatic carbocycles. The molecule has 0 atom stereocenters. The van der Waals surface area contributed by atoms with Crippen LogP contribution in [0.4, 0.5) is 0 Å². The predicted octanol–water partition coefficient (Wildman–Crippen LogP) is 4.58. The summed E-state index contributed by atoms with van der Waals surface area (Å²) in [5.41, 5.74) is 1.78. The van der Waals surface area contributed by atoms with Crippen LogP contribution in [0.15, 0.2) is 30.3 Å². The molecule has 0 spiro atoms. The van der Waals surface area contributed by atoms with Crippen LogP contribution in [-0.2, 0) is 0 Å². The van der Waals surface area contributed by atoms with E-state index in [4.69, 9.17) is 5.26 Å². The molecule has 0 bridgehead atoms. The topological polar surface area (TPSA) is 27.0 Å². The first-order chi connectivity index (χ1) is 10.6. The number of nitriles is 1. The van der Waals surface area contributed by atoms with Crippen molar-refractivity contribution < 1.29 is 0 Å². The van der Waals surface area contributed by atoms with Gasteiger partial charge in [0.15, 0.2) is 0 Å². The molecular weight excluding hydrogens is 268 g/mol. The van der Waals surface area contributed by atoms with E-state index >= 15 is 0 Å². The highest BCUT2D eigenvalue weighted by Crippen LogP contribution is 2.47. The maximum atomic E-state index is 9.17. The van der Waals surface area contributed by atoms with Crippen LogP contribution >= 0.6 is 0 Å². The Bertz CT molecular complexity index is 514. The van der Waals surface area contributed by atoms with E-state index in [0.29, 0.717) is 5.92 Å². The Balaban J connectivity index is 1.52. The second-order valence-electron chi connectivity index (χ2n) is 7.64. The zero-order valence-corrected chi connectivity index (χ0v) is 14.0. The molecule has 0 amide bonds. The summed E-state index contributed by atoms with van der Waals surface area (Å²) < 4.78 is 0. The van der Waals surface area contributed by atoms with Gasteiger partial charge in [-0.15, -0.1) is 0 Å². The van der Waals surface area contributed by atoms with Crippen LogP contribution in [0, 0.1) is 22.7 Å². The summed E-state index contributed by atoms with van der Waals surface area (Å²) in [6.45, 7) is 7.04. The van der Waals surface area contributed by atoms with Gasteiger partial charge in [0.05, 0.1) is 6.07 Å². The third-order valence-corrected chi connectivity index (χ3v) is 6.30. The summed E-state index contributed by atoms with van der Waals surface area (Å²) >= 11 is 0. The number of nitrogens with zero attached hydrogens (tertiary/aromatic N) is 2. The lowest BCUT2D eigenvalue weighted by Crippen LogP contribution is -2.52. The molecule has 0 N–H and O–H groups in total. The third-order valence-electron chi connectivity index (χ3n) is 6.30. The minimum Gasteiger partial charge on any atom is -0.299 e. The van der Waals surface area contributed by atoms with Crippen molar-refractivity contribution in [2.45, 2.75) is 57.9 Å². The summed E-state index contributed by atoms with van der Waals surface area (Å²) in [6, 6.07) is 14.1. The quantitative estimate of drug-likeness (QED) is 0.813. The first-order valence-electron chi connectivity index (χ1n) is 8.80. The summed E-state index contributed by atoms with van der Waals surface area (Å²) in [4.78, 5) is 2.67. The van der Waals surface area contributed by atoms with E-state index in [0.717, 1.165) is 18.4 Å². The van der Waals surface area contributed by atoms with Gasteiger partial charge in [-0.1, -0.05) is 44.2 Å². The molecule has 22 heavy (non-hydrogen) atoms. The van der Waals surface area contributed by atoms with Crippen LogP contribution in [0.25, 0.3) is 0 Å². The van der Waals surface area contributed by atoms with Crippen molar-refractivity contribution in [2.24, 2.45) is 11.3 Å². The van der Waals surface area contributed by atoms with Crippen LogP contribution in [0.1, 0.15) is 57.4 Å². The Morgan fingerprint density at radius 1 is 1.18 bits per heavy atom. The van der Waals surface area contributed by atoms with Gasteiger partial charge < -0.3 is 0 Å². The summed E-state index contributed by atoms with van der Waals surface area (Å²) in [6.07, 6.45) is 5.76. The molecule has 1 saturated carbocycles. The van der Waals surface area contributed by atoms with Crippen LogP contribution in [0.2, 0.25) is 0 Å². The van der Waals surface area contributed by atoms with Gasteiger partial charge >= 0.3 is 0 Å². The van der Waals surface area contributed by atoms with Crippen molar-refractivity contribution >= 4 is 0 Å². The molecule has 0 aromatic heterocycles. The lowest BCUT2D eigenvalue weighted by atomic mass is 9.64. The molecule has 1 aliphatic heterocycles. The maximum absolute atomic E-state index is 9.17. The number of rotatable bonds is 4. The minimum atomic E-state index is 0.287. The lowest BCUT2D eigenvalue weighted by molar-refractivity contribution is 0.0194. The monoisotopic (exact) mass is 296 g/mol. The fourth-order valence-electron chi connectivity index (χ4n) is 4.41. The van der Waals surface area contributed by atoms with Crippen molar-refractivity contribution in [3.05, 3.63) is 35.9 Å². The standard InChI is InChI=1S/C20H28N2/c1-16(2)20(12-13-21)10-8-19(9-11-20)22-14-18(15-22)17-6-4-3-5-7-17/h3-7,16,18-19H,8-12,14-15H2,1-2H3/t19-,20-. The second-order valence-corrected chi connectivity index (χ2v) is 7.64. The zero-order valence-electron chi connectivity index (χ0n) is 14.0. The van der Waals surface area contributed by atoms with Crippen LogP contribution in [-0.4, -0.2) is 24.0 Å². The van der Waals surface area contributed by atoms with Crippen molar-refractivity contribution in [3.8, 4) is 6.07 Å². The van der Waals surface area contributed by atoms with Crippen molar-refractivity contribution in [1.29, 1.82) is 5.26 Å². The van der Waals surface area contributed by atoms with Crippen molar-refractivity contribution in [3.63, 3.8) is 0 Å². The number of benzene rings is 1. The maximum Gasteiger partial charge on any atom is 0.0627 e. The number of likely N-dealkylation sites (tertiary alicyclic amines) is 1. The summed E-state index contributed by atoms with van der Waals surface area (Å²) in [7, 11) is 0. The Morgan fingerprint density at radius 3 is 2.36 bits per heavy atom. The smallest absolute Gasteiger partial charge is 0.0627 e. The molecule has 2 heteroatoms. The average Bonchev–Trinajstić information content (AvgIpc) is 2.49. The van der Waals surface area contributed by atoms with E-state index in [9.17, 15) is 0 Å². The van der Waals surface area contributed by atoms with Gasteiger partial charge in [-0.2, -0.15) is 5.26 Å². The van der Waals surface area contributed by atoms with Gasteiger partial charge in [-0.05, 0) is 42.6 Å². The molecule has 2 fully saturated rings. The highest BCUT2D eigenvalue weighted by molar-refractivity contribution is 5.23. The van der Waals surface area contributed by atoms with Crippen molar-refractivity contribution in [1.82, 2.24) is 4.90 Å². The summed E-state index contributed by atoms with van der Waals surface area (Å²) in [5, 5.41) is 9.17. The highest BCUT2D eigenvalue weighted by atomic mass is 15.2. The normalized spacial score (nSPS) is 30.0. The first kappa shape index (κ1) is 15.6. The molecule has 2 aliphatic rings. The van der Waals surface area contributed by atoms with Gasteiger partial charge in [0, 0.05) is 31.5 Å². The molecule has 1 heterocycles. The minimum absolute atomic E-state index is 0.287. The van der Waals surface area contributed by atoms with E-state index in [1.807, 2.05) is 0 Å². The van der Waals surface area contributed by atoms with Gasteiger partial charge in [-0.25, -0.2) is 0 Å². The van der Waals surface area contributed by atoms with E-state index < -0.39 is 0 Å². The average molecular weight is 296 g/mol. The van der Waals surface area contributed by atoms with Crippen LogP contribution in [0.5, 0.6) is 0 Å². The molecule has 0 radical (unpaired) electrons. The highest BCUT2D eigenvalue weighted by Gasteiger charge is 2.41. The molecular formula is C20H28N2. The Hall–Kier alpha value is -1.33. The SMILES string of the molecule is CC(C)[C@]1(CC#N)CC[C@@H](N2CC(c3ccccc3)C2)CC1. The number of hydrogen-bond donors (Lipinski definition) is 0. The van der Waals surface area contributed by atoms with Gasteiger partial charge in [0.1, 0.15) is 0 Å². The first-order valence-corrected chi connectivity index (χ1v) is 8.80. The Labute approximate surface area is 135 Å². The summed E-state index contributed by atoms with van der Waals surface area (Å²) in [5.74, 6) is 1.36. The Kier molecular flexibility index (Phi) is 4.54. The van der Waals surface area contributed by atoms with Gasteiger partial charge in [-0.3, -0.25) is 4.90 Å². The fourth-order valence-corrected chi connectivity index (χ4v) is 4.41. The van der Waals surface area contributed by atoms with Crippen molar-refractivity contribution in [2.75, 3.05) is 13.1 Å². The van der Waals surface area contributed by atoms with Gasteiger partial charge in [0.25, 0.3) is 0 Å². The van der Waals surface area contributed by atoms with Crippen LogP contribution < -0.4 is 0 Å². The van der Waals surface area contributed by atoms with Crippen LogP contribution in [0.3, 0.4) is 0 Å². The molecule has 0 unspecified atom stereocenters. The van der Waals surface area contributed by atoms with Gasteiger partial charge in [0.2, 0.25) is 0 Å². The molecule has 1 aliphatic carbocycles. The number of hydrogen-bond acceptors (Lipinski definition) is 2. The molecule has 1 saturated heterocycles. The molecule has 3 rings (SSSR count). The molecule has 2 nitrogen and oxygen atoms in total. The lowest BCUT2D eigenvalue weighted by Gasteiger charge is -2.50. The Morgan fingerprint density at radius 2 is 1.82 bits per heavy atom. The third kappa shape index (κ3) is 2.92. The zero-order chi connectivity index (χ0) is 15.6. The molecule has 118 valence electrons. The molecule has 1 aromatic rings. The fraction of sp³-hybridized carbons (Fsp3) is 0.650. The van der Waals surface area contributed by atoms with E-state index in [2.05, 4.69) is 55.1 Å². The predicted molar refractivity (Wildman–Crippen MR) is 90.5 cm³/mol. The largest absolute Gasteiger partial charge is 0.299 e. The van der Waals surface area contributed by atoms with E-state index in [1.165, 1.54) is 44.3 Å². The second kappa shape index (κ2) is 6.42. The van der Waals surface area contributed by atoms with E-state index in [-0.39, 0.29) is 5.41 Å².